The van der Waals surface area contributed by atoms with Gasteiger partial charge in [-0.25, -0.2) is 0 Å². The van der Waals surface area contributed by atoms with Crippen LogP contribution in [-0.4, -0.2) is 9.78 Å². The minimum absolute atomic E-state index is 0.224. The topological polar surface area (TPSA) is 57.0 Å². The Morgan fingerprint density at radius 3 is 2.81 bits per heavy atom. The van der Waals surface area contributed by atoms with Crippen LogP contribution in [0.4, 0.5) is 0 Å². The maximum atomic E-state index is 6.19. The fourth-order valence-corrected chi connectivity index (χ4v) is 2.18. The smallest absolute Gasteiger partial charge is 0.0954 e. The molecule has 2 rings (SSSR count). The van der Waals surface area contributed by atoms with Gasteiger partial charge in [-0.05, 0) is 35.8 Å². The molecule has 0 aliphatic carbocycles. The van der Waals surface area contributed by atoms with Crippen LogP contribution in [0.15, 0.2) is 33.7 Å². The average Bonchev–Trinajstić information content (AvgIpc) is 2.84. The molecule has 0 aromatic carbocycles. The molecule has 0 amide bonds. The van der Waals surface area contributed by atoms with Gasteiger partial charge in [-0.1, -0.05) is 0 Å². The number of nitrogens with zero attached hydrogens (tertiary/aromatic N) is 2. The molecule has 0 saturated carbocycles. The second-order valence-corrected chi connectivity index (χ2v) is 4.80. The standard InChI is InChI=1S/C11H14BrN3O/c1-7(2)15-11(9(12)5-14-15)10(13)8-3-4-16-6-8/h3-7,10H,13H2,1-2H3. The molecule has 2 heterocycles. The zero-order valence-corrected chi connectivity index (χ0v) is 10.8. The molecule has 16 heavy (non-hydrogen) atoms. The van der Waals surface area contributed by atoms with Gasteiger partial charge in [0, 0.05) is 11.6 Å². The van der Waals surface area contributed by atoms with Crippen molar-refractivity contribution in [3.63, 3.8) is 0 Å². The number of halogens is 1. The molecule has 4 nitrogen and oxygen atoms in total. The van der Waals surface area contributed by atoms with E-state index in [1.807, 2.05) is 10.7 Å². The summed E-state index contributed by atoms with van der Waals surface area (Å²) in [5, 5.41) is 4.31. The Bertz CT molecular complexity index is 462. The lowest BCUT2D eigenvalue weighted by atomic mass is 10.1. The third kappa shape index (κ3) is 1.92. The van der Waals surface area contributed by atoms with E-state index in [1.54, 1.807) is 18.7 Å². The van der Waals surface area contributed by atoms with E-state index < -0.39 is 0 Å². The highest BCUT2D eigenvalue weighted by Crippen LogP contribution is 2.28. The monoisotopic (exact) mass is 283 g/mol. The van der Waals surface area contributed by atoms with Gasteiger partial charge >= 0.3 is 0 Å². The van der Waals surface area contributed by atoms with E-state index in [9.17, 15) is 0 Å². The highest BCUT2D eigenvalue weighted by molar-refractivity contribution is 9.10. The van der Waals surface area contributed by atoms with Crippen LogP contribution in [0.25, 0.3) is 0 Å². The van der Waals surface area contributed by atoms with Gasteiger partial charge in [0.1, 0.15) is 0 Å². The highest BCUT2D eigenvalue weighted by Gasteiger charge is 2.20. The van der Waals surface area contributed by atoms with E-state index in [4.69, 9.17) is 10.2 Å². The van der Waals surface area contributed by atoms with Gasteiger partial charge in [0.25, 0.3) is 0 Å². The number of hydrogen-bond donors (Lipinski definition) is 1. The second-order valence-electron chi connectivity index (χ2n) is 3.95. The van der Waals surface area contributed by atoms with Gasteiger partial charge in [-0.15, -0.1) is 0 Å². The van der Waals surface area contributed by atoms with Gasteiger partial charge < -0.3 is 10.2 Å². The number of nitrogens with two attached hydrogens (primary N) is 1. The van der Waals surface area contributed by atoms with E-state index in [1.165, 1.54) is 0 Å². The molecule has 86 valence electrons. The Balaban J connectivity index is 2.43. The van der Waals surface area contributed by atoms with Crippen molar-refractivity contribution in [2.24, 2.45) is 5.73 Å². The Kier molecular flexibility index (Phi) is 3.16. The van der Waals surface area contributed by atoms with Crippen molar-refractivity contribution in [2.45, 2.75) is 25.9 Å². The minimum Gasteiger partial charge on any atom is -0.472 e. The lowest BCUT2D eigenvalue weighted by Crippen LogP contribution is -2.18. The van der Waals surface area contributed by atoms with E-state index in [2.05, 4.69) is 34.9 Å². The van der Waals surface area contributed by atoms with Crippen molar-refractivity contribution in [3.8, 4) is 0 Å². The molecule has 0 saturated heterocycles. The first-order valence-electron chi connectivity index (χ1n) is 5.12. The zero-order chi connectivity index (χ0) is 11.7. The summed E-state index contributed by atoms with van der Waals surface area (Å²) in [5.74, 6) is 0. The fraction of sp³-hybridized carbons (Fsp3) is 0.364. The summed E-state index contributed by atoms with van der Waals surface area (Å²) in [7, 11) is 0. The van der Waals surface area contributed by atoms with Crippen molar-refractivity contribution in [1.82, 2.24) is 9.78 Å². The summed E-state index contributed by atoms with van der Waals surface area (Å²) in [6, 6.07) is 1.92. The third-order valence-electron chi connectivity index (χ3n) is 2.47. The van der Waals surface area contributed by atoms with Crippen molar-refractivity contribution >= 4 is 15.9 Å². The first-order chi connectivity index (χ1) is 7.61. The molecule has 2 aromatic rings. The molecule has 0 fully saturated rings. The van der Waals surface area contributed by atoms with E-state index >= 15 is 0 Å². The van der Waals surface area contributed by atoms with E-state index in [0.29, 0.717) is 0 Å². The molecule has 0 spiro atoms. The first-order valence-corrected chi connectivity index (χ1v) is 5.91. The van der Waals surface area contributed by atoms with Crippen LogP contribution in [0.1, 0.15) is 37.2 Å². The molecule has 0 radical (unpaired) electrons. The predicted octanol–water partition coefficient (Wildman–Crippen LogP) is 2.87. The molecule has 0 aliphatic rings. The van der Waals surface area contributed by atoms with Crippen LogP contribution >= 0.6 is 15.9 Å². The fourth-order valence-electron chi connectivity index (χ4n) is 1.66. The molecule has 5 heteroatoms. The van der Waals surface area contributed by atoms with Crippen LogP contribution in [0.5, 0.6) is 0 Å². The normalized spacial score (nSPS) is 13.3. The van der Waals surface area contributed by atoms with Crippen LogP contribution in [-0.2, 0) is 0 Å². The molecule has 2 aromatic heterocycles. The summed E-state index contributed by atoms with van der Waals surface area (Å²) in [6.07, 6.45) is 5.06. The SMILES string of the molecule is CC(C)n1ncc(Br)c1C(N)c1ccoc1. The maximum absolute atomic E-state index is 6.19. The summed E-state index contributed by atoms with van der Waals surface area (Å²) in [5.41, 5.74) is 8.11. The summed E-state index contributed by atoms with van der Waals surface area (Å²) in [4.78, 5) is 0. The van der Waals surface area contributed by atoms with Crippen molar-refractivity contribution in [1.29, 1.82) is 0 Å². The molecule has 1 unspecified atom stereocenters. The predicted molar refractivity (Wildman–Crippen MR) is 65.1 cm³/mol. The largest absolute Gasteiger partial charge is 0.472 e. The van der Waals surface area contributed by atoms with Gasteiger partial charge in [0.2, 0.25) is 0 Å². The Morgan fingerprint density at radius 2 is 2.25 bits per heavy atom. The Labute approximate surface area is 103 Å². The number of aromatic nitrogens is 2. The van der Waals surface area contributed by atoms with Crippen LogP contribution in [0.2, 0.25) is 0 Å². The third-order valence-corrected chi connectivity index (χ3v) is 3.08. The molecule has 1 atom stereocenters. The van der Waals surface area contributed by atoms with Gasteiger partial charge in [-0.3, -0.25) is 4.68 Å². The zero-order valence-electron chi connectivity index (χ0n) is 9.22. The lowest BCUT2D eigenvalue weighted by Gasteiger charge is -2.16. The van der Waals surface area contributed by atoms with E-state index in [-0.39, 0.29) is 12.1 Å². The van der Waals surface area contributed by atoms with Crippen molar-refractivity contribution in [3.05, 3.63) is 40.5 Å². The minimum atomic E-state index is -0.224. The maximum Gasteiger partial charge on any atom is 0.0954 e. The average molecular weight is 284 g/mol. The van der Waals surface area contributed by atoms with Crippen LogP contribution in [0.3, 0.4) is 0 Å². The number of hydrogen-bond acceptors (Lipinski definition) is 3. The van der Waals surface area contributed by atoms with Crippen LogP contribution < -0.4 is 5.73 Å². The highest BCUT2D eigenvalue weighted by atomic mass is 79.9. The van der Waals surface area contributed by atoms with Gasteiger partial charge in [-0.2, -0.15) is 5.10 Å². The quantitative estimate of drug-likeness (QED) is 0.942. The van der Waals surface area contributed by atoms with E-state index in [0.717, 1.165) is 15.7 Å². The molecule has 2 N–H and O–H groups in total. The Hall–Kier alpha value is -1.07. The lowest BCUT2D eigenvalue weighted by molar-refractivity contribution is 0.496. The second kappa shape index (κ2) is 4.43. The van der Waals surface area contributed by atoms with Gasteiger partial charge in [0.05, 0.1) is 34.9 Å². The molecular formula is C11H14BrN3O. The Morgan fingerprint density at radius 1 is 1.50 bits per heavy atom. The number of furan rings is 1. The van der Waals surface area contributed by atoms with Gasteiger partial charge in [0.15, 0.2) is 0 Å². The van der Waals surface area contributed by atoms with Crippen molar-refractivity contribution < 1.29 is 4.42 Å². The van der Waals surface area contributed by atoms with Crippen LogP contribution in [0, 0.1) is 0 Å². The molecule has 0 aliphatic heterocycles. The number of rotatable bonds is 3. The molecular weight excluding hydrogens is 270 g/mol. The molecule has 0 bridgehead atoms. The van der Waals surface area contributed by atoms with Crippen molar-refractivity contribution in [2.75, 3.05) is 0 Å². The summed E-state index contributed by atoms with van der Waals surface area (Å²) in [6.45, 7) is 4.15. The first kappa shape index (κ1) is 11.4. The summed E-state index contributed by atoms with van der Waals surface area (Å²) < 4.78 is 7.89. The summed E-state index contributed by atoms with van der Waals surface area (Å²) >= 11 is 3.48.